The predicted octanol–water partition coefficient (Wildman–Crippen LogP) is 5.29. The van der Waals surface area contributed by atoms with E-state index in [2.05, 4.69) is 17.6 Å². The second kappa shape index (κ2) is 13.9. The van der Waals surface area contributed by atoms with Crippen molar-refractivity contribution >= 4 is 29.7 Å². The van der Waals surface area contributed by atoms with Gasteiger partial charge in [0.1, 0.15) is 17.7 Å². The molecule has 0 radical (unpaired) electrons. The summed E-state index contributed by atoms with van der Waals surface area (Å²) < 4.78 is 5.44. The Hall–Kier alpha value is -2.22. The summed E-state index contributed by atoms with van der Waals surface area (Å²) in [5.41, 5.74) is 2.33. The first-order valence-electron chi connectivity index (χ1n) is 13.1. The van der Waals surface area contributed by atoms with Gasteiger partial charge in [0.05, 0.1) is 0 Å². The Balaban J connectivity index is 2.39. The zero-order chi connectivity index (χ0) is 26.9. The fraction of sp³-hybridized carbons (Fsp3) is 0.679. The van der Waals surface area contributed by atoms with Crippen molar-refractivity contribution < 1.29 is 19.1 Å². The van der Waals surface area contributed by atoms with Gasteiger partial charge in [-0.25, -0.2) is 4.79 Å². The summed E-state index contributed by atoms with van der Waals surface area (Å²) in [6.45, 7) is 12.1. The van der Waals surface area contributed by atoms with Crippen LogP contribution in [0, 0.1) is 13.8 Å². The van der Waals surface area contributed by atoms with Gasteiger partial charge in [-0.3, -0.25) is 9.59 Å². The molecule has 2 atom stereocenters. The van der Waals surface area contributed by atoms with Crippen LogP contribution in [0.5, 0.6) is 0 Å². The molecule has 36 heavy (non-hydrogen) atoms. The Morgan fingerprint density at radius 1 is 1.14 bits per heavy atom. The third-order valence-electron chi connectivity index (χ3n) is 6.25. The van der Waals surface area contributed by atoms with Crippen LogP contribution >= 0.6 is 11.8 Å². The number of benzene rings is 1. The fourth-order valence-electron chi connectivity index (χ4n) is 4.05. The Kier molecular flexibility index (Phi) is 11.6. The van der Waals surface area contributed by atoms with E-state index in [4.69, 9.17) is 4.74 Å². The average molecular weight is 520 g/mol. The van der Waals surface area contributed by atoms with Gasteiger partial charge >= 0.3 is 6.09 Å². The molecule has 8 heteroatoms. The van der Waals surface area contributed by atoms with E-state index in [0.717, 1.165) is 48.8 Å². The molecular formula is C28H45N3O4S. The van der Waals surface area contributed by atoms with Crippen LogP contribution in [-0.4, -0.2) is 59.0 Å². The maximum Gasteiger partial charge on any atom is 0.408 e. The number of unbranched alkanes of at least 4 members (excludes halogenated alkanes) is 2. The summed E-state index contributed by atoms with van der Waals surface area (Å²) in [6, 6.07) is 4.41. The Labute approximate surface area is 221 Å². The number of amides is 3. The van der Waals surface area contributed by atoms with Crippen molar-refractivity contribution in [3.63, 3.8) is 0 Å². The summed E-state index contributed by atoms with van der Waals surface area (Å²) in [7, 11) is 0. The van der Waals surface area contributed by atoms with Gasteiger partial charge in [-0.1, -0.05) is 38.0 Å². The third-order valence-corrected chi connectivity index (χ3v) is 6.89. The molecule has 3 amide bonds. The monoisotopic (exact) mass is 519 g/mol. The van der Waals surface area contributed by atoms with Crippen molar-refractivity contribution in [3.05, 3.63) is 34.9 Å². The standard InChI is InChI=1S/C28H45N3O4S/c1-8-9-10-16-29-25(32)24(21-12-11-19(2)20(3)18-21)31(22-13-14-22)26(33)23(15-17-36-7)30-27(34)35-28(4,5)6/h11-12,18,22-24H,8-10,13-17H2,1-7H3,(H,29,32)(H,30,34). The topological polar surface area (TPSA) is 87.7 Å². The minimum atomic E-state index is -0.769. The van der Waals surface area contributed by atoms with Gasteiger partial charge in [0, 0.05) is 12.6 Å². The minimum Gasteiger partial charge on any atom is -0.444 e. The lowest BCUT2D eigenvalue weighted by Gasteiger charge is -2.35. The first kappa shape index (κ1) is 30.0. The lowest BCUT2D eigenvalue weighted by atomic mass is 9.98. The van der Waals surface area contributed by atoms with E-state index in [9.17, 15) is 14.4 Å². The highest BCUT2D eigenvalue weighted by atomic mass is 32.2. The summed E-state index contributed by atoms with van der Waals surface area (Å²) in [5.74, 6) is 0.294. The number of carbonyl (C=O) groups is 3. The molecule has 0 spiro atoms. The number of aryl methyl sites for hydroxylation is 2. The van der Waals surface area contributed by atoms with Gasteiger partial charge < -0.3 is 20.3 Å². The van der Waals surface area contributed by atoms with Crippen molar-refractivity contribution in [3.8, 4) is 0 Å². The zero-order valence-electron chi connectivity index (χ0n) is 23.1. The van der Waals surface area contributed by atoms with E-state index in [1.54, 1.807) is 37.4 Å². The molecule has 0 bridgehead atoms. The van der Waals surface area contributed by atoms with Gasteiger partial charge in [0.2, 0.25) is 11.8 Å². The number of hydrogen-bond donors (Lipinski definition) is 2. The van der Waals surface area contributed by atoms with Crippen molar-refractivity contribution in [2.75, 3.05) is 18.6 Å². The van der Waals surface area contributed by atoms with Crippen molar-refractivity contribution in [1.82, 2.24) is 15.5 Å². The fourth-order valence-corrected chi connectivity index (χ4v) is 4.52. The number of nitrogens with one attached hydrogen (secondary N) is 2. The molecule has 0 aliphatic heterocycles. The highest BCUT2D eigenvalue weighted by Gasteiger charge is 2.44. The van der Waals surface area contributed by atoms with Gasteiger partial charge in [0.25, 0.3) is 0 Å². The van der Waals surface area contributed by atoms with Crippen molar-refractivity contribution in [2.45, 2.75) is 104 Å². The molecule has 2 unspecified atom stereocenters. The van der Waals surface area contributed by atoms with E-state index < -0.39 is 23.8 Å². The van der Waals surface area contributed by atoms with E-state index in [1.807, 2.05) is 38.3 Å². The highest BCUT2D eigenvalue weighted by Crippen LogP contribution is 2.36. The highest BCUT2D eigenvalue weighted by molar-refractivity contribution is 7.98. The lowest BCUT2D eigenvalue weighted by molar-refractivity contribution is -0.143. The summed E-state index contributed by atoms with van der Waals surface area (Å²) in [4.78, 5) is 42.0. The molecular weight excluding hydrogens is 474 g/mol. The number of hydrogen-bond acceptors (Lipinski definition) is 5. The molecule has 0 saturated heterocycles. The van der Waals surface area contributed by atoms with E-state index in [0.29, 0.717) is 18.7 Å². The van der Waals surface area contributed by atoms with Crippen LogP contribution in [0.25, 0.3) is 0 Å². The normalized spacial score (nSPS) is 15.1. The number of nitrogens with zero attached hydrogens (tertiary/aromatic N) is 1. The molecule has 1 aliphatic rings. The van der Waals surface area contributed by atoms with Gasteiger partial charge in [-0.15, -0.1) is 0 Å². The zero-order valence-corrected chi connectivity index (χ0v) is 23.9. The van der Waals surface area contributed by atoms with E-state index in [-0.39, 0.29) is 17.9 Å². The number of ether oxygens (including phenoxy) is 1. The third kappa shape index (κ3) is 9.34. The molecule has 1 aromatic rings. The van der Waals surface area contributed by atoms with E-state index >= 15 is 0 Å². The molecule has 1 saturated carbocycles. The summed E-state index contributed by atoms with van der Waals surface area (Å²) in [5, 5.41) is 5.87. The number of rotatable bonds is 13. The smallest absolute Gasteiger partial charge is 0.408 e. The molecule has 2 rings (SSSR count). The van der Waals surface area contributed by atoms with Crippen LogP contribution < -0.4 is 10.6 Å². The Bertz CT molecular complexity index is 895. The molecule has 0 aromatic heterocycles. The largest absolute Gasteiger partial charge is 0.444 e. The van der Waals surface area contributed by atoms with E-state index in [1.165, 1.54) is 0 Å². The molecule has 1 fully saturated rings. The lowest BCUT2D eigenvalue weighted by Crippen LogP contribution is -2.54. The molecule has 0 heterocycles. The quantitative estimate of drug-likeness (QED) is 0.346. The van der Waals surface area contributed by atoms with Gasteiger partial charge in [-0.2, -0.15) is 11.8 Å². The second-order valence-corrected chi connectivity index (χ2v) is 11.7. The van der Waals surface area contributed by atoms with Gasteiger partial charge in [-0.05, 0) is 89.0 Å². The first-order chi connectivity index (χ1) is 17.0. The van der Waals surface area contributed by atoms with Crippen LogP contribution in [0.2, 0.25) is 0 Å². The maximum atomic E-state index is 14.0. The van der Waals surface area contributed by atoms with Crippen LogP contribution in [0.1, 0.15) is 89.0 Å². The molecule has 1 aliphatic carbocycles. The molecule has 1 aromatic carbocycles. The Morgan fingerprint density at radius 3 is 2.39 bits per heavy atom. The predicted molar refractivity (Wildman–Crippen MR) is 147 cm³/mol. The van der Waals surface area contributed by atoms with Gasteiger partial charge in [0.15, 0.2) is 0 Å². The maximum absolute atomic E-state index is 14.0. The second-order valence-electron chi connectivity index (χ2n) is 10.7. The summed E-state index contributed by atoms with van der Waals surface area (Å²) in [6.07, 6.45) is 6.50. The SMILES string of the molecule is CCCCCNC(=O)C(c1ccc(C)c(C)c1)N(C(=O)C(CCSC)NC(=O)OC(C)(C)C)C1CC1. The number of thioether (sulfide) groups is 1. The molecule has 7 nitrogen and oxygen atoms in total. The van der Waals surface area contributed by atoms with Crippen molar-refractivity contribution in [1.29, 1.82) is 0 Å². The minimum absolute atomic E-state index is 0.0253. The Morgan fingerprint density at radius 2 is 1.83 bits per heavy atom. The first-order valence-corrected chi connectivity index (χ1v) is 14.5. The van der Waals surface area contributed by atoms with Crippen LogP contribution in [0.3, 0.4) is 0 Å². The van der Waals surface area contributed by atoms with Crippen LogP contribution in [0.4, 0.5) is 4.79 Å². The average Bonchev–Trinajstić information content (AvgIpc) is 3.63. The number of carbonyl (C=O) groups excluding carboxylic acids is 3. The molecule has 2 N–H and O–H groups in total. The van der Waals surface area contributed by atoms with Crippen LogP contribution in [0.15, 0.2) is 18.2 Å². The van der Waals surface area contributed by atoms with Crippen molar-refractivity contribution in [2.24, 2.45) is 0 Å². The number of alkyl carbamates (subject to hydrolysis) is 1. The molecule has 202 valence electrons. The summed E-state index contributed by atoms with van der Waals surface area (Å²) >= 11 is 1.61. The van der Waals surface area contributed by atoms with Crippen LogP contribution in [-0.2, 0) is 14.3 Å².